The zero-order valence-electron chi connectivity index (χ0n) is 12.0. The van der Waals surface area contributed by atoms with Crippen molar-refractivity contribution in [1.29, 1.82) is 0 Å². The molecule has 0 aliphatic heterocycles. The maximum absolute atomic E-state index is 9.43. The Morgan fingerprint density at radius 3 is 2.57 bits per heavy atom. The second-order valence-electron chi connectivity index (χ2n) is 5.86. The molecule has 0 spiro atoms. The Hall–Kier alpha value is -2.20. The van der Waals surface area contributed by atoms with Gasteiger partial charge in [-0.2, -0.15) is 0 Å². The van der Waals surface area contributed by atoms with Crippen LogP contribution in [0.5, 0.6) is 0 Å². The van der Waals surface area contributed by atoms with Crippen LogP contribution in [-0.4, -0.2) is 19.7 Å². The highest BCUT2D eigenvalue weighted by atomic mass is 16.3. The van der Waals surface area contributed by atoms with Crippen LogP contribution in [0.4, 0.5) is 0 Å². The fraction of sp³-hybridized carbons (Fsp3) is 0.294. The summed E-state index contributed by atoms with van der Waals surface area (Å²) in [5.41, 5.74) is 4.13. The Morgan fingerprint density at radius 2 is 1.90 bits per heavy atom. The van der Waals surface area contributed by atoms with Crippen molar-refractivity contribution in [3.05, 3.63) is 65.1 Å². The Kier molecular flexibility index (Phi) is 2.62. The van der Waals surface area contributed by atoms with E-state index in [1.807, 2.05) is 22.7 Å². The molecule has 1 N–H and O–H groups in total. The Bertz CT molecular complexity index is 801. The van der Waals surface area contributed by atoms with Gasteiger partial charge in [0.2, 0.25) is 0 Å². The lowest BCUT2D eigenvalue weighted by Crippen LogP contribution is -2.13. The van der Waals surface area contributed by atoms with Gasteiger partial charge in [0.1, 0.15) is 5.82 Å². The van der Waals surface area contributed by atoms with Crippen LogP contribution in [0.2, 0.25) is 0 Å². The summed E-state index contributed by atoms with van der Waals surface area (Å²) < 4.78 is 2.03. The Labute approximate surface area is 123 Å². The van der Waals surface area contributed by atoms with Gasteiger partial charge in [0.25, 0.3) is 0 Å². The van der Waals surface area contributed by atoms with Crippen molar-refractivity contribution >= 4 is 5.65 Å². The normalized spacial score (nSPS) is 16.3. The van der Waals surface area contributed by atoms with Crippen molar-refractivity contribution in [3.63, 3.8) is 0 Å². The first-order valence-electron chi connectivity index (χ1n) is 7.26. The molecule has 1 fully saturated rings. The van der Waals surface area contributed by atoms with Gasteiger partial charge >= 0.3 is 0 Å². The van der Waals surface area contributed by atoms with Gasteiger partial charge in [-0.25, -0.2) is 0 Å². The van der Waals surface area contributed by atoms with Gasteiger partial charge in [-0.05, 0) is 31.4 Å². The summed E-state index contributed by atoms with van der Waals surface area (Å²) in [6.45, 7) is 2.09. The maximum Gasteiger partial charge on any atom is 0.166 e. The van der Waals surface area contributed by atoms with Gasteiger partial charge in [0, 0.05) is 11.8 Å². The van der Waals surface area contributed by atoms with Gasteiger partial charge in [0.05, 0.1) is 12.0 Å². The number of pyridine rings is 1. The van der Waals surface area contributed by atoms with Gasteiger partial charge in [-0.15, -0.1) is 10.2 Å². The van der Waals surface area contributed by atoms with E-state index in [1.54, 1.807) is 0 Å². The molecule has 2 aromatic heterocycles. The molecule has 21 heavy (non-hydrogen) atoms. The van der Waals surface area contributed by atoms with Crippen molar-refractivity contribution in [2.75, 3.05) is 0 Å². The van der Waals surface area contributed by atoms with Crippen LogP contribution < -0.4 is 0 Å². The molecule has 1 aliphatic carbocycles. The quantitative estimate of drug-likeness (QED) is 0.801. The molecule has 4 nitrogen and oxygen atoms in total. The Morgan fingerprint density at radius 1 is 1.14 bits per heavy atom. The summed E-state index contributed by atoms with van der Waals surface area (Å²) in [7, 11) is 0. The Balaban J connectivity index is 1.88. The highest BCUT2D eigenvalue weighted by Crippen LogP contribution is 2.52. The standard InChI is InChI=1S/C17H17N3O/c1-12-4-6-14(7-5-12)17(8-9-17)16-19-18-15-13(11-21)3-2-10-20(15)16/h2-7,10,21H,8-9,11H2,1H3. The largest absolute Gasteiger partial charge is 0.392 e. The first kappa shape index (κ1) is 12.5. The van der Waals surface area contributed by atoms with Crippen LogP contribution in [0.3, 0.4) is 0 Å². The van der Waals surface area contributed by atoms with Crippen LogP contribution in [0.25, 0.3) is 5.65 Å². The van der Waals surface area contributed by atoms with E-state index in [2.05, 4.69) is 41.4 Å². The van der Waals surface area contributed by atoms with Crippen LogP contribution in [-0.2, 0) is 12.0 Å². The number of fused-ring (bicyclic) bond motifs is 1. The molecule has 0 atom stereocenters. The number of nitrogens with zero attached hydrogens (tertiary/aromatic N) is 3. The summed E-state index contributed by atoms with van der Waals surface area (Å²) in [6.07, 6.45) is 4.18. The number of aliphatic hydroxyl groups excluding tert-OH is 1. The molecule has 1 aliphatic rings. The monoisotopic (exact) mass is 279 g/mol. The van der Waals surface area contributed by atoms with Crippen molar-refractivity contribution in [3.8, 4) is 0 Å². The number of rotatable bonds is 3. The minimum absolute atomic E-state index is 0.0127. The highest BCUT2D eigenvalue weighted by molar-refractivity contribution is 5.50. The average Bonchev–Trinajstić information content (AvgIpc) is 3.20. The molecule has 1 saturated carbocycles. The van der Waals surface area contributed by atoms with E-state index in [0.29, 0.717) is 0 Å². The molecule has 4 heteroatoms. The summed E-state index contributed by atoms with van der Waals surface area (Å²) in [4.78, 5) is 0. The molecule has 0 radical (unpaired) electrons. The van der Waals surface area contributed by atoms with Crippen LogP contribution in [0.1, 0.15) is 35.4 Å². The summed E-state index contributed by atoms with van der Waals surface area (Å²) >= 11 is 0. The maximum atomic E-state index is 9.43. The second kappa shape index (κ2) is 4.40. The smallest absolute Gasteiger partial charge is 0.166 e. The van der Waals surface area contributed by atoms with Crippen LogP contribution in [0.15, 0.2) is 42.6 Å². The van der Waals surface area contributed by atoms with E-state index in [0.717, 1.165) is 29.9 Å². The molecule has 0 saturated heterocycles. The lowest BCUT2D eigenvalue weighted by Gasteiger charge is -2.14. The van der Waals surface area contributed by atoms with E-state index >= 15 is 0 Å². The highest BCUT2D eigenvalue weighted by Gasteiger charge is 2.49. The average molecular weight is 279 g/mol. The third-order valence-corrected chi connectivity index (χ3v) is 4.47. The molecule has 3 aromatic rings. The predicted octanol–water partition coefficient (Wildman–Crippen LogP) is 2.61. The number of aliphatic hydroxyl groups is 1. The second-order valence-corrected chi connectivity index (χ2v) is 5.86. The topological polar surface area (TPSA) is 50.4 Å². The summed E-state index contributed by atoms with van der Waals surface area (Å²) in [5.74, 6) is 0.983. The minimum atomic E-state index is -0.0139. The molecule has 4 rings (SSSR count). The van der Waals surface area contributed by atoms with E-state index < -0.39 is 0 Å². The third-order valence-electron chi connectivity index (χ3n) is 4.47. The van der Waals surface area contributed by atoms with Crippen molar-refractivity contribution in [2.24, 2.45) is 0 Å². The number of hydrogen-bond donors (Lipinski definition) is 1. The molecule has 0 bridgehead atoms. The van der Waals surface area contributed by atoms with Crippen molar-refractivity contribution < 1.29 is 5.11 Å². The zero-order chi connectivity index (χ0) is 14.4. The van der Waals surface area contributed by atoms with E-state index in [-0.39, 0.29) is 12.0 Å². The fourth-order valence-electron chi connectivity index (χ4n) is 3.06. The number of hydrogen-bond acceptors (Lipinski definition) is 3. The molecular weight excluding hydrogens is 262 g/mol. The van der Waals surface area contributed by atoms with Crippen molar-refractivity contribution in [1.82, 2.24) is 14.6 Å². The fourth-order valence-corrected chi connectivity index (χ4v) is 3.06. The summed E-state index contributed by atoms with van der Waals surface area (Å²) in [6, 6.07) is 12.5. The van der Waals surface area contributed by atoms with Gasteiger partial charge in [-0.1, -0.05) is 35.9 Å². The number of aryl methyl sites for hydroxylation is 1. The summed E-state index contributed by atoms with van der Waals surface area (Å²) in [5, 5.41) is 18.2. The van der Waals surface area contributed by atoms with Gasteiger partial charge in [0.15, 0.2) is 5.65 Å². The van der Waals surface area contributed by atoms with E-state index in [1.165, 1.54) is 11.1 Å². The third kappa shape index (κ3) is 1.79. The molecule has 1 aromatic carbocycles. The van der Waals surface area contributed by atoms with E-state index in [4.69, 9.17) is 0 Å². The first-order valence-corrected chi connectivity index (χ1v) is 7.26. The zero-order valence-corrected chi connectivity index (χ0v) is 12.0. The molecule has 106 valence electrons. The molecular formula is C17H17N3O. The lowest BCUT2D eigenvalue weighted by molar-refractivity contribution is 0.282. The molecule has 0 unspecified atom stereocenters. The molecule has 0 amide bonds. The predicted molar refractivity (Wildman–Crippen MR) is 80.1 cm³/mol. The molecule has 2 heterocycles. The van der Waals surface area contributed by atoms with Crippen LogP contribution in [0, 0.1) is 6.92 Å². The number of aromatic nitrogens is 3. The van der Waals surface area contributed by atoms with E-state index in [9.17, 15) is 5.11 Å². The van der Waals surface area contributed by atoms with Gasteiger partial charge in [-0.3, -0.25) is 4.40 Å². The SMILES string of the molecule is Cc1ccc(C2(c3nnc4c(CO)cccn34)CC2)cc1. The minimum Gasteiger partial charge on any atom is -0.392 e. The lowest BCUT2D eigenvalue weighted by atomic mass is 9.94. The van der Waals surface area contributed by atoms with Crippen LogP contribution >= 0.6 is 0 Å². The van der Waals surface area contributed by atoms with Crippen molar-refractivity contribution in [2.45, 2.75) is 31.8 Å². The van der Waals surface area contributed by atoms with Gasteiger partial charge < -0.3 is 5.11 Å². The first-order chi connectivity index (χ1) is 10.2. The number of benzene rings is 1.